The average Bonchev–Trinajstić information content (AvgIpc) is 2.67. The first kappa shape index (κ1) is 19.1. The summed E-state index contributed by atoms with van der Waals surface area (Å²) in [5.74, 6) is 0.954. The lowest BCUT2D eigenvalue weighted by Crippen LogP contribution is -2.13. The Morgan fingerprint density at radius 1 is 0.846 bits per heavy atom. The van der Waals surface area contributed by atoms with E-state index in [4.69, 9.17) is 14.2 Å². The van der Waals surface area contributed by atoms with E-state index in [1.165, 1.54) is 21.3 Å². The number of benzene rings is 2. The third kappa shape index (κ3) is 4.44. The van der Waals surface area contributed by atoms with Crippen LogP contribution in [-0.4, -0.2) is 33.1 Å². The molecule has 0 bridgehead atoms. The molecule has 0 heterocycles. The summed E-state index contributed by atoms with van der Waals surface area (Å²) in [7, 11) is 4.52. The average molecular weight is 358 g/mol. The molecule has 0 spiro atoms. The molecule has 0 aliphatic carbocycles. The molecule has 138 valence electrons. The van der Waals surface area contributed by atoms with Crippen LogP contribution in [0, 0.1) is 0 Å². The summed E-state index contributed by atoms with van der Waals surface area (Å²) in [6.07, 6.45) is 0.392. The molecule has 0 aromatic heterocycles. The zero-order valence-electron chi connectivity index (χ0n) is 15.2. The maximum atomic E-state index is 12.4. The molecule has 7 nitrogen and oxygen atoms in total. The Balaban J connectivity index is 2.18. The Morgan fingerprint density at radius 2 is 1.42 bits per heavy atom. The van der Waals surface area contributed by atoms with Crippen molar-refractivity contribution in [1.82, 2.24) is 0 Å². The van der Waals surface area contributed by atoms with Crippen molar-refractivity contribution in [2.75, 3.05) is 32.0 Å². The van der Waals surface area contributed by atoms with Gasteiger partial charge in [-0.3, -0.25) is 9.59 Å². The van der Waals surface area contributed by atoms with Crippen molar-refractivity contribution < 1.29 is 23.8 Å². The van der Waals surface area contributed by atoms with Gasteiger partial charge in [0.05, 0.1) is 21.3 Å². The van der Waals surface area contributed by atoms with Crippen LogP contribution in [0.15, 0.2) is 36.4 Å². The summed E-state index contributed by atoms with van der Waals surface area (Å²) < 4.78 is 15.8. The SMILES string of the molecule is CCC(=O)Nc1ccc(C(=O)Nc2cc(OC)c(OC)c(OC)c2)cc1. The monoisotopic (exact) mass is 358 g/mol. The maximum absolute atomic E-state index is 12.4. The van der Waals surface area contributed by atoms with Gasteiger partial charge in [-0.15, -0.1) is 0 Å². The standard InChI is InChI=1S/C19H22N2O5/c1-5-17(22)20-13-8-6-12(7-9-13)19(23)21-14-10-15(24-2)18(26-4)16(11-14)25-3/h6-11H,5H2,1-4H3,(H,20,22)(H,21,23). The molecular formula is C19H22N2O5. The molecule has 0 saturated heterocycles. The van der Waals surface area contributed by atoms with E-state index >= 15 is 0 Å². The largest absolute Gasteiger partial charge is 0.493 e. The van der Waals surface area contributed by atoms with Gasteiger partial charge in [-0.2, -0.15) is 0 Å². The van der Waals surface area contributed by atoms with Crippen molar-refractivity contribution >= 4 is 23.2 Å². The molecular weight excluding hydrogens is 336 g/mol. The van der Waals surface area contributed by atoms with E-state index in [1.54, 1.807) is 43.3 Å². The molecule has 0 radical (unpaired) electrons. The van der Waals surface area contributed by atoms with Crippen LogP contribution in [0.1, 0.15) is 23.7 Å². The topological polar surface area (TPSA) is 85.9 Å². The number of nitrogens with one attached hydrogen (secondary N) is 2. The molecule has 0 unspecified atom stereocenters. The van der Waals surface area contributed by atoms with Gasteiger partial charge < -0.3 is 24.8 Å². The van der Waals surface area contributed by atoms with Gasteiger partial charge in [-0.1, -0.05) is 6.92 Å². The number of methoxy groups -OCH3 is 3. The van der Waals surface area contributed by atoms with E-state index in [2.05, 4.69) is 10.6 Å². The molecule has 7 heteroatoms. The molecule has 2 rings (SSSR count). The smallest absolute Gasteiger partial charge is 0.255 e. The molecule has 2 amide bonds. The Labute approximate surface area is 152 Å². The van der Waals surface area contributed by atoms with Crippen molar-refractivity contribution in [2.45, 2.75) is 13.3 Å². The zero-order chi connectivity index (χ0) is 19.1. The van der Waals surface area contributed by atoms with Crippen LogP contribution in [0.3, 0.4) is 0 Å². The third-order valence-electron chi connectivity index (χ3n) is 3.67. The summed E-state index contributed by atoms with van der Waals surface area (Å²) in [5, 5.41) is 5.52. The first-order valence-corrected chi connectivity index (χ1v) is 8.03. The zero-order valence-corrected chi connectivity index (χ0v) is 15.2. The lowest BCUT2D eigenvalue weighted by atomic mass is 10.1. The molecule has 0 saturated carbocycles. The second-order valence-corrected chi connectivity index (χ2v) is 5.35. The molecule has 0 aliphatic rings. The van der Waals surface area contributed by atoms with E-state index < -0.39 is 0 Å². The lowest BCUT2D eigenvalue weighted by molar-refractivity contribution is -0.115. The minimum Gasteiger partial charge on any atom is -0.493 e. The lowest BCUT2D eigenvalue weighted by Gasteiger charge is -2.14. The number of ether oxygens (including phenoxy) is 3. The highest BCUT2D eigenvalue weighted by Gasteiger charge is 2.15. The number of carbonyl (C=O) groups is 2. The highest BCUT2D eigenvalue weighted by atomic mass is 16.5. The highest BCUT2D eigenvalue weighted by molar-refractivity contribution is 6.05. The first-order valence-electron chi connectivity index (χ1n) is 8.03. The number of hydrogen-bond acceptors (Lipinski definition) is 5. The minimum atomic E-state index is -0.298. The summed E-state index contributed by atoms with van der Waals surface area (Å²) >= 11 is 0. The van der Waals surface area contributed by atoms with E-state index in [0.29, 0.717) is 40.6 Å². The Kier molecular flexibility index (Phi) is 6.43. The number of anilines is 2. The fourth-order valence-electron chi connectivity index (χ4n) is 2.31. The summed E-state index contributed by atoms with van der Waals surface area (Å²) in [6, 6.07) is 9.93. The second-order valence-electron chi connectivity index (χ2n) is 5.35. The summed E-state index contributed by atoms with van der Waals surface area (Å²) in [5.41, 5.74) is 1.60. The van der Waals surface area contributed by atoms with Crippen LogP contribution >= 0.6 is 0 Å². The van der Waals surface area contributed by atoms with Crippen LogP contribution in [0.4, 0.5) is 11.4 Å². The number of rotatable bonds is 7. The normalized spacial score (nSPS) is 10.0. The molecule has 2 aromatic carbocycles. The van der Waals surface area contributed by atoms with Crippen molar-refractivity contribution in [3.63, 3.8) is 0 Å². The highest BCUT2D eigenvalue weighted by Crippen LogP contribution is 2.40. The van der Waals surface area contributed by atoms with Crippen molar-refractivity contribution in [3.8, 4) is 17.2 Å². The quantitative estimate of drug-likeness (QED) is 0.793. The fourth-order valence-corrected chi connectivity index (χ4v) is 2.31. The minimum absolute atomic E-state index is 0.0837. The Bertz CT molecular complexity index is 762. The van der Waals surface area contributed by atoms with Crippen LogP contribution in [0.25, 0.3) is 0 Å². The van der Waals surface area contributed by atoms with Gasteiger partial charge >= 0.3 is 0 Å². The van der Waals surface area contributed by atoms with E-state index in [0.717, 1.165) is 0 Å². The molecule has 26 heavy (non-hydrogen) atoms. The van der Waals surface area contributed by atoms with Crippen LogP contribution in [0.2, 0.25) is 0 Å². The van der Waals surface area contributed by atoms with Crippen molar-refractivity contribution in [1.29, 1.82) is 0 Å². The first-order chi connectivity index (χ1) is 12.5. The summed E-state index contributed by atoms with van der Waals surface area (Å²) in [6.45, 7) is 1.77. The number of amides is 2. The van der Waals surface area contributed by atoms with E-state index in [1.807, 2.05) is 0 Å². The maximum Gasteiger partial charge on any atom is 0.255 e. The van der Waals surface area contributed by atoms with Crippen molar-refractivity contribution in [3.05, 3.63) is 42.0 Å². The molecule has 2 aromatic rings. The van der Waals surface area contributed by atoms with Crippen LogP contribution in [0.5, 0.6) is 17.2 Å². The predicted molar refractivity (Wildman–Crippen MR) is 99.4 cm³/mol. The van der Waals surface area contributed by atoms with Crippen LogP contribution in [-0.2, 0) is 4.79 Å². The second kappa shape index (κ2) is 8.75. The molecule has 0 fully saturated rings. The number of hydrogen-bond donors (Lipinski definition) is 2. The van der Waals surface area contributed by atoms with E-state index in [-0.39, 0.29) is 11.8 Å². The van der Waals surface area contributed by atoms with Gasteiger partial charge in [-0.05, 0) is 24.3 Å². The number of carbonyl (C=O) groups excluding carboxylic acids is 2. The molecule has 0 aliphatic heterocycles. The van der Waals surface area contributed by atoms with Gasteiger partial charge in [0.1, 0.15) is 0 Å². The Hall–Kier alpha value is -3.22. The predicted octanol–water partition coefficient (Wildman–Crippen LogP) is 3.31. The van der Waals surface area contributed by atoms with Crippen molar-refractivity contribution in [2.24, 2.45) is 0 Å². The Morgan fingerprint density at radius 3 is 1.88 bits per heavy atom. The van der Waals surface area contributed by atoms with Gasteiger partial charge in [0.15, 0.2) is 11.5 Å². The third-order valence-corrected chi connectivity index (χ3v) is 3.67. The fraction of sp³-hybridized carbons (Fsp3) is 0.263. The molecule has 0 atom stereocenters. The van der Waals surface area contributed by atoms with Gasteiger partial charge in [0.25, 0.3) is 5.91 Å². The van der Waals surface area contributed by atoms with E-state index in [9.17, 15) is 9.59 Å². The van der Waals surface area contributed by atoms with Gasteiger partial charge in [-0.25, -0.2) is 0 Å². The van der Waals surface area contributed by atoms with Crippen LogP contribution < -0.4 is 24.8 Å². The molecule has 2 N–H and O–H groups in total. The summed E-state index contributed by atoms with van der Waals surface area (Å²) in [4.78, 5) is 23.8. The van der Waals surface area contributed by atoms with Gasteiger partial charge in [0.2, 0.25) is 11.7 Å². The van der Waals surface area contributed by atoms with Gasteiger partial charge in [0, 0.05) is 35.5 Å².